The molecule has 0 aliphatic carbocycles. The summed E-state index contributed by atoms with van der Waals surface area (Å²) in [6, 6.07) is 5.65. The average molecular weight is 1970 g/mol. The minimum atomic E-state index is -6.14. The summed E-state index contributed by atoms with van der Waals surface area (Å²) in [6.07, 6.45) is -18.0. The summed E-state index contributed by atoms with van der Waals surface area (Å²) in [4.78, 5) is 147. The third kappa shape index (κ3) is 17.5. The van der Waals surface area contributed by atoms with Crippen LogP contribution >= 0.6 is 71.9 Å². The van der Waals surface area contributed by atoms with Crippen molar-refractivity contribution in [3.05, 3.63) is 217 Å². The van der Waals surface area contributed by atoms with Crippen molar-refractivity contribution in [2.75, 3.05) is 20.2 Å². The van der Waals surface area contributed by atoms with Crippen molar-refractivity contribution in [2.24, 2.45) is 57.3 Å². The summed E-state index contributed by atoms with van der Waals surface area (Å²) in [5, 5.41) is 8.09. The molecule has 3 aliphatic heterocycles. The molecule has 0 spiro atoms. The van der Waals surface area contributed by atoms with Gasteiger partial charge in [-0.1, -0.05) is 143 Å². The van der Waals surface area contributed by atoms with Crippen LogP contribution in [0.4, 0.5) is 52.7 Å². The number of rotatable bonds is 18. The number of carbonyl (C=O) groups is 3. The van der Waals surface area contributed by atoms with Gasteiger partial charge in [0.1, 0.15) is 52.1 Å². The van der Waals surface area contributed by atoms with E-state index in [0.29, 0.717) is 36.4 Å². The number of phosphoric ester groups is 1. The second-order valence-electron chi connectivity index (χ2n) is 37.6. The number of carbonyl (C=O) groups excluding carboxylic acids is 3. The number of halogens is 12. The van der Waals surface area contributed by atoms with Crippen LogP contribution in [0.25, 0.3) is 47.7 Å². The quantitative estimate of drug-likeness (QED) is 0.0570. The summed E-state index contributed by atoms with van der Waals surface area (Å²) in [6.45, 7) is 27.3. The highest BCUT2D eigenvalue weighted by Crippen LogP contribution is 2.78. The maximum Gasteiger partial charge on any atom is 0.480 e. The monoisotopic (exact) mass is 1970 g/mol. The largest absolute Gasteiger partial charge is 0.480 e. The van der Waals surface area contributed by atoms with E-state index in [2.05, 4.69) is 0 Å². The molecule has 0 bridgehead atoms. The third-order valence-corrected chi connectivity index (χ3v) is 43.8. The summed E-state index contributed by atoms with van der Waals surface area (Å²) >= 11 is 2.85. The zero-order valence-electron chi connectivity index (χ0n) is 76.0. The second kappa shape index (κ2) is 34.2. The first-order chi connectivity index (χ1) is 59.9. The number of aliphatic imine (C=N–C) groups is 3. The maximum absolute atomic E-state index is 17.8. The van der Waals surface area contributed by atoms with Gasteiger partial charge >= 0.3 is 43.4 Å². The van der Waals surface area contributed by atoms with Crippen molar-refractivity contribution in [3.8, 4) is 0 Å². The lowest BCUT2D eigenvalue weighted by molar-refractivity contribution is -0.140. The first-order valence-corrected chi connectivity index (χ1v) is 49.6. The Morgan fingerprint density at radius 3 is 0.763 bits per heavy atom. The molecule has 710 valence electrons. The number of fused-ring (bicyclic) bond motifs is 3. The lowest BCUT2D eigenvalue weighted by Gasteiger charge is -2.55. The van der Waals surface area contributed by atoms with Gasteiger partial charge in [-0.15, -0.1) is 64.1 Å². The highest BCUT2D eigenvalue weighted by molar-refractivity contribution is 8.50. The van der Waals surface area contributed by atoms with Gasteiger partial charge in [0, 0.05) is 87.5 Å². The van der Waals surface area contributed by atoms with E-state index in [1.807, 2.05) is 0 Å². The Labute approximate surface area is 760 Å². The summed E-state index contributed by atoms with van der Waals surface area (Å²) in [7, 11) is -7.87. The van der Waals surface area contributed by atoms with E-state index in [1.165, 1.54) is 72.1 Å². The van der Waals surface area contributed by atoms with Crippen molar-refractivity contribution in [1.82, 2.24) is 42.1 Å². The van der Waals surface area contributed by atoms with Crippen molar-refractivity contribution in [3.63, 3.8) is 0 Å². The SMILES string of the molecule is Cn1c(=O)c2c(CC(=O)N=C3N(COP(=O)(OCN4C(c5ccc(C(F)(F)F)c(F)c5)=CS(C(C)(C)C)(C(C)(C)C)C4=NC(=O)Cc4csc5c4c(=O)n(C)c(=O)n5C)OCN4C(c5ccc(C(F)(F)F)c(F)c5)=CS(C(C)(C)C)(C(C)(C)C)C4=NC(=O)Cc4csc5c4c(=O)n(C)c(=O)n5C)C(c4ccc(C(F)(F)F)c(F)c4)=CS3(C(C)(C)C)C(C)(C)C)csc2n(C)c1=O. The number of benzene rings is 3. The minimum Gasteiger partial charge on any atom is -0.296 e. The van der Waals surface area contributed by atoms with Gasteiger partial charge in [0.15, 0.2) is 15.5 Å². The fourth-order valence-electron chi connectivity index (χ4n) is 17.4. The van der Waals surface area contributed by atoms with Gasteiger partial charge in [-0.25, -0.2) is 32.1 Å². The fourth-order valence-corrected chi connectivity index (χ4v) is 36.7. The molecule has 0 saturated heterocycles. The minimum absolute atomic E-state index is 0.0457. The molecule has 131 heavy (non-hydrogen) atoms. The Morgan fingerprint density at radius 1 is 0.359 bits per heavy atom. The van der Waals surface area contributed by atoms with Gasteiger partial charge < -0.3 is 0 Å². The molecule has 6 aromatic heterocycles. The number of phosphoric acid groups is 1. The Hall–Kier alpha value is -9.46. The van der Waals surface area contributed by atoms with Gasteiger partial charge in [-0.3, -0.25) is 84.4 Å². The molecule has 12 rings (SSSR count). The normalized spacial score (nSPS) is 18.2. The molecule has 9 aromatic rings. The van der Waals surface area contributed by atoms with Gasteiger partial charge in [0.05, 0.1) is 69.2 Å². The number of amidine groups is 3. The van der Waals surface area contributed by atoms with Crippen LogP contribution in [0, 0.1) is 17.5 Å². The number of hydrogen-bond acceptors (Lipinski definition) is 16. The number of aryl methyl sites for hydroxylation is 3. The van der Waals surface area contributed by atoms with Crippen LogP contribution in [0.1, 0.15) is 175 Å². The smallest absolute Gasteiger partial charge is 0.296 e. The van der Waals surface area contributed by atoms with Crippen LogP contribution < -0.4 is 33.7 Å². The van der Waals surface area contributed by atoms with Crippen molar-refractivity contribution in [1.29, 1.82) is 0 Å². The van der Waals surface area contributed by atoms with Crippen LogP contribution in [-0.2, 0) is 113 Å². The average Bonchev–Trinajstić information content (AvgIpc) is 1.55. The maximum atomic E-state index is 17.8. The first kappa shape index (κ1) is 101. The van der Waals surface area contributed by atoms with Gasteiger partial charge in [0.2, 0.25) is 0 Å². The topological polar surface area (TPSA) is 275 Å². The highest BCUT2D eigenvalue weighted by Gasteiger charge is 2.60. The lowest BCUT2D eigenvalue weighted by Crippen LogP contribution is -2.45. The second-order valence-corrected chi connectivity index (χ2v) is 54.9. The van der Waals surface area contributed by atoms with Crippen LogP contribution in [-0.4, -0.2) is 124 Å². The molecule has 3 aliphatic rings. The van der Waals surface area contributed by atoms with E-state index in [1.54, 1.807) is 141 Å². The highest BCUT2D eigenvalue weighted by atomic mass is 32.3. The molecule has 0 N–H and O–H groups in total. The van der Waals surface area contributed by atoms with Crippen LogP contribution in [0.3, 0.4) is 0 Å². The molecule has 0 unspecified atom stereocenters. The number of aromatic nitrogens is 6. The molecule has 3 amide bonds. The Kier molecular flexibility index (Phi) is 26.2. The van der Waals surface area contributed by atoms with Gasteiger partial charge in [-0.05, 0) is 85.5 Å². The molecular formula is C87H99F12N12O13PS6. The fraction of sp³-hybridized carbons (Fsp3) is 0.448. The number of nitrogens with zero attached hydrogens (tertiary/aromatic N) is 12. The molecule has 0 radical (unpaired) electrons. The predicted octanol–water partition coefficient (Wildman–Crippen LogP) is 18.9. The van der Waals surface area contributed by atoms with Crippen LogP contribution in [0.2, 0.25) is 0 Å². The first-order valence-electron chi connectivity index (χ1n) is 40.4. The number of amides is 3. The van der Waals surface area contributed by atoms with Crippen molar-refractivity contribution in [2.45, 2.75) is 191 Å². The van der Waals surface area contributed by atoms with Gasteiger partial charge in [-0.2, -0.15) is 54.5 Å². The zero-order valence-corrected chi connectivity index (χ0v) is 81.8. The molecule has 0 saturated carbocycles. The van der Waals surface area contributed by atoms with Crippen LogP contribution in [0.15, 0.2) is 131 Å². The number of alkyl halides is 9. The Morgan fingerprint density at radius 2 is 0.573 bits per heavy atom. The molecule has 9 heterocycles. The molecule has 25 nitrogen and oxygen atoms in total. The van der Waals surface area contributed by atoms with E-state index in [-0.39, 0.29) is 96.6 Å². The number of hydrogen-bond donors (Lipinski definition) is 0. The van der Waals surface area contributed by atoms with E-state index >= 15 is 32.1 Å². The zero-order chi connectivity index (χ0) is 98.0. The third-order valence-electron chi connectivity index (χ3n) is 23.3. The van der Waals surface area contributed by atoms with E-state index in [4.69, 9.17) is 28.5 Å². The Bertz CT molecular complexity index is 6250. The summed E-state index contributed by atoms with van der Waals surface area (Å²) < 4.78 is 221. The molecular weight excluding hydrogens is 1870 g/mol. The van der Waals surface area contributed by atoms with Crippen molar-refractivity contribution < 1.29 is 85.2 Å². The van der Waals surface area contributed by atoms with Crippen LogP contribution in [0.5, 0.6) is 0 Å². The summed E-state index contributed by atoms with van der Waals surface area (Å²) in [5.74, 6) is -8.50. The molecule has 44 heteroatoms. The Balaban J connectivity index is 1.14. The van der Waals surface area contributed by atoms with E-state index in [0.717, 1.165) is 80.6 Å². The standard InChI is InChI=1S/C87H99F12N12O13PS6/c1-79(2,3)129(80(4,5)6)40-58(46-25-28-52(55(88)31-46)85(91,92)93)109(73(129)100-61(112)34-49-37-126-70-64(49)67(115)103(19)76(118)106(70)22)43-122-125(121,123-44-110-59(47-26-29-53(56(89)32-47)86(94,95)96)41-130(81(7,8)9,82(10,11)12)74(110)101-62(113)35-50-38-127-71-65(50)68(116)104(20)77(119)107(71)23)124-45-111-60(48-27-30-54(57(90)33-48)87(97,98)99)42-131(83(13,14)15,84(16,17)18)75(111)102-63(114)36-51-39-128-72-66(51)69(117)105(21)78(120)108(72)24/h25-33,37-42H,34-36,43-45H2,1-24H3. The van der Waals surface area contributed by atoms with E-state index < -0.39 is 210 Å². The lowest BCUT2D eigenvalue weighted by atomic mass is 10.1. The molecule has 0 fully saturated rings. The predicted molar refractivity (Wildman–Crippen MR) is 496 cm³/mol. The molecule has 0 atom stereocenters. The number of thiophene rings is 3. The van der Waals surface area contributed by atoms with Gasteiger partial charge in [0.25, 0.3) is 34.4 Å². The van der Waals surface area contributed by atoms with E-state index in [9.17, 15) is 68.3 Å². The van der Waals surface area contributed by atoms with Crippen molar-refractivity contribution >= 4 is 153 Å². The summed E-state index contributed by atoms with van der Waals surface area (Å²) in [5.41, 5.74) is -11.3. The molecule has 3 aromatic carbocycles.